The third-order valence-electron chi connectivity index (χ3n) is 6.20. The second-order valence-electron chi connectivity index (χ2n) is 8.68. The van der Waals surface area contributed by atoms with Crippen molar-refractivity contribution in [3.63, 3.8) is 0 Å². The average molecular weight is 458 g/mol. The van der Waals surface area contributed by atoms with Crippen LogP contribution in [0.15, 0.2) is 36.8 Å². The third kappa shape index (κ3) is 3.76. The smallest absolute Gasteiger partial charge is 0.231 e. The van der Waals surface area contributed by atoms with E-state index in [9.17, 15) is 19.6 Å². The van der Waals surface area contributed by atoms with Gasteiger partial charge in [0.2, 0.25) is 5.91 Å². The Morgan fingerprint density at radius 2 is 2.06 bits per heavy atom. The lowest BCUT2D eigenvalue weighted by molar-refractivity contribution is -0.117. The summed E-state index contributed by atoms with van der Waals surface area (Å²) in [4.78, 5) is 25.5. The van der Waals surface area contributed by atoms with Crippen LogP contribution in [0.25, 0.3) is 27.7 Å². The molecular weight excluding hydrogens is 435 g/mol. The van der Waals surface area contributed by atoms with E-state index in [0.717, 1.165) is 28.5 Å². The Hall–Kier alpha value is -3.90. The highest BCUT2D eigenvalue weighted by Gasteiger charge is 2.43. The Labute approximate surface area is 195 Å². The number of fused-ring (bicyclic) bond motifs is 3. The van der Waals surface area contributed by atoms with E-state index in [2.05, 4.69) is 26.3 Å². The molecule has 1 aliphatic carbocycles. The maximum absolute atomic E-state index is 13.2. The number of pyridine rings is 3. The van der Waals surface area contributed by atoms with Crippen LogP contribution in [0.1, 0.15) is 49.2 Å². The first-order valence-corrected chi connectivity index (χ1v) is 11.2. The molecule has 1 amide bonds. The fourth-order valence-corrected chi connectivity index (χ4v) is 4.23. The van der Waals surface area contributed by atoms with Crippen molar-refractivity contribution in [2.45, 2.75) is 45.4 Å². The topological polar surface area (TPSA) is 116 Å². The van der Waals surface area contributed by atoms with Crippen LogP contribution in [0.3, 0.4) is 0 Å². The number of rotatable bonds is 6. The Balaban J connectivity index is 1.63. The van der Waals surface area contributed by atoms with Gasteiger partial charge in [-0.15, -0.1) is 0 Å². The molecule has 2 N–H and O–H groups in total. The van der Waals surface area contributed by atoms with E-state index < -0.39 is 24.1 Å². The summed E-state index contributed by atoms with van der Waals surface area (Å²) in [7, 11) is 0. The number of aryl methyl sites for hydroxylation is 1. The maximum atomic E-state index is 13.2. The largest absolute Gasteiger partial charge is 0.387 e. The number of nitrogens with zero attached hydrogens (tertiary/aromatic N) is 5. The van der Waals surface area contributed by atoms with Crippen LogP contribution in [0.5, 0.6) is 0 Å². The predicted molar refractivity (Wildman–Crippen MR) is 125 cm³/mol. The SMILES string of the molecule is CCC[C@@H](O)c1cc(C)c(-c2cc3cnc(NC(=O)[C@@H]4C[C@@H]4F)cc3n3c(C#N)cnc23)cn1. The lowest BCUT2D eigenvalue weighted by atomic mass is 10.00. The van der Waals surface area contributed by atoms with Crippen LogP contribution in [0.4, 0.5) is 10.2 Å². The molecule has 3 atom stereocenters. The highest BCUT2D eigenvalue weighted by molar-refractivity contribution is 5.97. The van der Waals surface area contributed by atoms with Gasteiger partial charge >= 0.3 is 0 Å². The molecule has 9 heteroatoms. The van der Waals surface area contributed by atoms with E-state index in [0.29, 0.717) is 29.0 Å². The number of hydrogen-bond acceptors (Lipinski definition) is 6. The lowest BCUT2D eigenvalue weighted by Crippen LogP contribution is -2.16. The van der Waals surface area contributed by atoms with E-state index in [-0.39, 0.29) is 12.2 Å². The fraction of sp³-hybridized carbons (Fsp3) is 0.320. The summed E-state index contributed by atoms with van der Waals surface area (Å²) < 4.78 is 15.0. The van der Waals surface area contributed by atoms with Gasteiger partial charge in [0, 0.05) is 35.0 Å². The minimum absolute atomic E-state index is 0.231. The summed E-state index contributed by atoms with van der Waals surface area (Å²) in [5.74, 6) is -0.738. The van der Waals surface area contributed by atoms with Crippen molar-refractivity contribution in [2.24, 2.45) is 5.92 Å². The molecule has 0 aliphatic heterocycles. The maximum Gasteiger partial charge on any atom is 0.231 e. The van der Waals surface area contributed by atoms with E-state index >= 15 is 0 Å². The van der Waals surface area contributed by atoms with Gasteiger partial charge in [0.1, 0.15) is 29.4 Å². The van der Waals surface area contributed by atoms with E-state index in [1.54, 1.807) is 22.9 Å². The number of aliphatic hydroxyl groups excluding tert-OH is 1. The van der Waals surface area contributed by atoms with Gasteiger partial charge in [-0.3, -0.25) is 14.2 Å². The van der Waals surface area contributed by atoms with Gasteiger partial charge in [-0.05, 0) is 37.5 Å². The monoisotopic (exact) mass is 458 g/mol. The zero-order valence-electron chi connectivity index (χ0n) is 18.8. The van der Waals surface area contributed by atoms with Gasteiger partial charge in [-0.25, -0.2) is 14.4 Å². The Morgan fingerprint density at radius 3 is 2.74 bits per heavy atom. The van der Waals surface area contributed by atoms with Gasteiger partial charge in [-0.1, -0.05) is 13.3 Å². The molecule has 172 valence electrons. The van der Waals surface area contributed by atoms with Crippen molar-refractivity contribution in [3.05, 3.63) is 53.7 Å². The lowest BCUT2D eigenvalue weighted by Gasteiger charge is -2.14. The number of hydrogen-bond donors (Lipinski definition) is 2. The summed E-state index contributed by atoms with van der Waals surface area (Å²) in [6, 6.07) is 7.62. The molecule has 1 saturated carbocycles. The molecule has 0 aromatic carbocycles. The second kappa shape index (κ2) is 8.47. The van der Waals surface area contributed by atoms with Crippen LogP contribution in [0, 0.1) is 24.2 Å². The molecule has 0 saturated heterocycles. The van der Waals surface area contributed by atoms with Crippen LogP contribution < -0.4 is 5.32 Å². The zero-order chi connectivity index (χ0) is 24.0. The first kappa shape index (κ1) is 21.9. The summed E-state index contributed by atoms with van der Waals surface area (Å²) >= 11 is 0. The van der Waals surface area contributed by atoms with Gasteiger partial charge in [0.05, 0.1) is 29.4 Å². The molecule has 5 rings (SSSR count). The van der Waals surface area contributed by atoms with Gasteiger partial charge in [0.15, 0.2) is 0 Å². The second-order valence-corrected chi connectivity index (χ2v) is 8.68. The molecule has 1 fully saturated rings. The zero-order valence-corrected chi connectivity index (χ0v) is 18.8. The quantitative estimate of drug-likeness (QED) is 0.446. The number of halogens is 1. The van der Waals surface area contributed by atoms with Crippen LogP contribution in [0.2, 0.25) is 0 Å². The number of carbonyl (C=O) groups excluding carboxylic acids is 1. The van der Waals surface area contributed by atoms with Crippen molar-refractivity contribution >= 4 is 28.3 Å². The number of nitrogens with one attached hydrogen (secondary N) is 1. The van der Waals surface area contributed by atoms with Gasteiger partial charge < -0.3 is 10.4 Å². The molecule has 4 heterocycles. The van der Waals surface area contributed by atoms with E-state index in [1.807, 2.05) is 26.0 Å². The summed E-state index contributed by atoms with van der Waals surface area (Å²) in [6.07, 6.45) is 4.82. The van der Waals surface area contributed by atoms with Crippen molar-refractivity contribution < 1.29 is 14.3 Å². The number of anilines is 1. The van der Waals surface area contributed by atoms with E-state index in [4.69, 9.17) is 0 Å². The molecule has 0 radical (unpaired) electrons. The Morgan fingerprint density at radius 1 is 1.26 bits per heavy atom. The highest BCUT2D eigenvalue weighted by atomic mass is 19.1. The molecule has 0 unspecified atom stereocenters. The summed E-state index contributed by atoms with van der Waals surface area (Å²) in [5.41, 5.74) is 4.68. The summed E-state index contributed by atoms with van der Waals surface area (Å²) in [6.45, 7) is 3.96. The number of aliphatic hydroxyl groups is 1. The molecule has 4 aromatic rings. The Bertz CT molecular complexity index is 1470. The number of aromatic nitrogens is 4. The molecule has 1 aliphatic rings. The van der Waals surface area contributed by atoms with Crippen molar-refractivity contribution in [3.8, 4) is 17.2 Å². The number of nitriles is 1. The summed E-state index contributed by atoms with van der Waals surface area (Å²) in [5, 5.41) is 23.4. The number of alkyl halides is 1. The number of amides is 1. The third-order valence-corrected chi connectivity index (χ3v) is 6.20. The number of imidazole rings is 1. The molecule has 8 nitrogen and oxygen atoms in total. The molecule has 34 heavy (non-hydrogen) atoms. The van der Waals surface area contributed by atoms with Crippen LogP contribution in [-0.2, 0) is 4.79 Å². The average Bonchev–Trinajstić information content (AvgIpc) is 3.40. The molecule has 0 bridgehead atoms. The first-order valence-electron chi connectivity index (χ1n) is 11.2. The highest BCUT2D eigenvalue weighted by Crippen LogP contribution is 2.36. The van der Waals surface area contributed by atoms with Gasteiger partial charge in [0.25, 0.3) is 0 Å². The minimum atomic E-state index is -1.10. The van der Waals surface area contributed by atoms with E-state index in [1.165, 1.54) is 6.20 Å². The van der Waals surface area contributed by atoms with Crippen molar-refractivity contribution in [2.75, 3.05) is 5.32 Å². The normalized spacial score (nSPS) is 18.1. The first-order chi connectivity index (χ1) is 16.4. The standard InChI is InChI=1S/C25H23FN6O2/c1-3-4-22(33)20-5-13(2)18(12-28-20)16-6-14-10-29-23(31-25(34)17-7-19(17)26)8-21(14)32-15(9-27)11-30-24(16)32/h5-6,8,10-12,17,19,22,33H,3-4,7H2,1-2H3,(H,29,31,34)/t17-,19+,22-/m1/s1. The molecule has 0 spiro atoms. The Kier molecular flexibility index (Phi) is 5.46. The molecule has 4 aromatic heterocycles. The van der Waals surface area contributed by atoms with Crippen LogP contribution in [-0.4, -0.2) is 36.5 Å². The van der Waals surface area contributed by atoms with Crippen LogP contribution >= 0.6 is 0 Å². The van der Waals surface area contributed by atoms with Crippen molar-refractivity contribution in [1.29, 1.82) is 5.26 Å². The number of carbonyl (C=O) groups is 1. The van der Waals surface area contributed by atoms with Crippen molar-refractivity contribution in [1.82, 2.24) is 19.4 Å². The predicted octanol–water partition coefficient (Wildman–Crippen LogP) is 4.25. The molecular formula is C25H23FN6O2. The minimum Gasteiger partial charge on any atom is -0.387 e. The van der Waals surface area contributed by atoms with Gasteiger partial charge in [-0.2, -0.15) is 5.26 Å². The fourth-order valence-electron chi connectivity index (χ4n) is 4.23.